The Morgan fingerprint density at radius 1 is 0.947 bits per heavy atom. The van der Waals surface area contributed by atoms with Crippen LogP contribution in [-0.2, 0) is 14.3 Å². The lowest BCUT2D eigenvalue weighted by molar-refractivity contribution is 0.250. The number of ether oxygens (including phenoxy) is 3. The molecule has 7 heteroatoms. The van der Waals surface area contributed by atoms with Crippen LogP contribution in [0.1, 0.15) is 6.42 Å². The maximum absolute atomic E-state index is 10.7. The van der Waals surface area contributed by atoms with Crippen molar-refractivity contribution < 1.29 is 26.8 Å². The van der Waals surface area contributed by atoms with Gasteiger partial charge in [-0.05, 0) is 0 Å². The van der Waals surface area contributed by atoms with E-state index in [0.717, 1.165) is 6.26 Å². The Kier molecular flexibility index (Phi) is 5.91. The summed E-state index contributed by atoms with van der Waals surface area (Å²) in [5.41, 5.74) is 0. The Bertz CT molecular complexity index is 475. The van der Waals surface area contributed by atoms with Crippen LogP contribution in [0.5, 0.6) is 17.2 Å². The first-order chi connectivity index (χ1) is 8.94. The molecule has 0 fully saturated rings. The van der Waals surface area contributed by atoms with Gasteiger partial charge in [0.1, 0.15) is 17.2 Å². The van der Waals surface area contributed by atoms with Gasteiger partial charge >= 0.3 is 0 Å². The monoisotopic (exact) mass is 290 g/mol. The van der Waals surface area contributed by atoms with Gasteiger partial charge in [0.15, 0.2) is 0 Å². The van der Waals surface area contributed by atoms with E-state index in [9.17, 15) is 8.42 Å². The van der Waals surface area contributed by atoms with Crippen LogP contribution in [0.15, 0.2) is 18.2 Å². The third kappa shape index (κ3) is 6.30. The number of benzene rings is 1. The standard InChI is InChI=1S/C12H18O6S/c1-15-10-7-11(16-2)9-12(8-10)17-5-4-6-18-19(3,13)14/h7-9H,4-6H2,1-3H3. The molecule has 1 aromatic carbocycles. The van der Waals surface area contributed by atoms with E-state index in [1.807, 2.05) is 0 Å². The first-order valence-corrected chi connectivity index (χ1v) is 7.46. The predicted molar refractivity (Wildman–Crippen MR) is 70.5 cm³/mol. The third-order valence-corrected chi connectivity index (χ3v) is 2.77. The van der Waals surface area contributed by atoms with Gasteiger partial charge in [0.05, 0.1) is 33.7 Å². The summed E-state index contributed by atoms with van der Waals surface area (Å²) in [5, 5.41) is 0. The van der Waals surface area contributed by atoms with Crippen molar-refractivity contribution in [3.63, 3.8) is 0 Å². The summed E-state index contributed by atoms with van der Waals surface area (Å²) < 4.78 is 41.8. The van der Waals surface area contributed by atoms with Gasteiger partial charge in [-0.15, -0.1) is 0 Å². The van der Waals surface area contributed by atoms with Crippen LogP contribution in [0, 0.1) is 0 Å². The highest BCUT2D eigenvalue weighted by molar-refractivity contribution is 7.85. The molecule has 0 saturated heterocycles. The van der Waals surface area contributed by atoms with E-state index in [1.54, 1.807) is 32.4 Å². The lowest BCUT2D eigenvalue weighted by Crippen LogP contribution is -2.07. The fraction of sp³-hybridized carbons (Fsp3) is 0.500. The summed E-state index contributed by atoms with van der Waals surface area (Å²) in [6.07, 6.45) is 1.48. The Morgan fingerprint density at radius 2 is 1.47 bits per heavy atom. The van der Waals surface area contributed by atoms with Crippen molar-refractivity contribution in [2.45, 2.75) is 6.42 Å². The molecule has 1 rings (SSSR count). The molecule has 0 bridgehead atoms. The molecule has 0 unspecified atom stereocenters. The molecule has 108 valence electrons. The van der Waals surface area contributed by atoms with Gasteiger partial charge < -0.3 is 14.2 Å². The van der Waals surface area contributed by atoms with Gasteiger partial charge in [-0.1, -0.05) is 0 Å². The van der Waals surface area contributed by atoms with Crippen molar-refractivity contribution in [3.05, 3.63) is 18.2 Å². The molecule has 0 spiro atoms. The van der Waals surface area contributed by atoms with E-state index in [2.05, 4.69) is 4.18 Å². The first kappa shape index (κ1) is 15.6. The van der Waals surface area contributed by atoms with Gasteiger partial charge in [0, 0.05) is 24.6 Å². The summed E-state index contributed by atoms with van der Waals surface area (Å²) in [7, 11) is -0.278. The van der Waals surface area contributed by atoms with Gasteiger partial charge in [-0.3, -0.25) is 4.18 Å². The van der Waals surface area contributed by atoms with Gasteiger partial charge in [-0.2, -0.15) is 8.42 Å². The molecule has 0 aliphatic rings. The second-order valence-electron chi connectivity index (χ2n) is 3.78. The maximum atomic E-state index is 10.7. The van der Waals surface area contributed by atoms with Crippen LogP contribution >= 0.6 is 0 Å². The van der Waals surface area contributed by atoms with Gasteiger partial charge in [0.2, 0.25) is 0 Å². The fourth-order valence-electron chi connectivity index (χ4n) is 1.32. The Balaban J connectivity index is 2.44. The van der Waals surface area contributed by atoms with E-state index in [0.29, 0.717) is 30.3 Å². The topological polar surface area (TPSA) is 71.1 Å². The summed E-state index contributed by atoms with van der Waals surface area (Å²) in [6, 6.07) is 5.18. The lowest BCUT2D eigenvalue weighted by Gasteiger charge is -2.10. The molecule has 0 aromatic heterocycles. The second-order valence-corrected chi connectivity index (χ2v) is 5.42. The highest BCUT2D eigenvalue weighted by Gasteiger charge is 2.04. The molecular formula is C12H18O6S. The van der Waals surface area contributed by atoms with Crippen molar-refractivity contribution in [2.75, 3.05) is 33.7 Å². The summed E-state index contributed by atoms with van der Waals surface area (Å²) in [5.74, 6) is 1.85. The zero-order valence-corrected chi connectivity index (χ0v) is 12.0. The Hall–Kier alpha value is -1.47. The first-order valence-electron chi connectivity index (χ1n) is 5.65. The molecule has 1 aromatic rings. The smallest absolute Gasteiger partial charge is 0.264 e. The second kappa shape index (κ2) is 7.20. The van der Waals surface area contributed by atoms with Crippen molar-refractivity contribution in [1.29, 1.82) is 0 Å². The van der Waals surface area contributed by atoms with E-state index in [4.69, 9.17) is 14.2 Å². The molecular weight excluding hydrogens is 272 g/mol. The normalized spacial score (nSPS) is 11.1. The van der Waals surface area contributed by atoms with Crippen molar-refractivity contribution in [3.8, 4) is 17.2 Å². The summed E-state index contributed by atoms with van der Waals surface area (Å²) >= 11 is 0. The molecule has 0 aliphatic carbocycles. The average Bonchev–Trinajstić information content (AvgIpc) is 2.36. The Morgan fingerprint density at radius 3 is 1.95 bits per heavy atom. The fourth-order valence-corrected chi connectivity index (χ4v) is 1.74. The molecule has 6 nitrogen and oxygen atoms in total. The summed E-state index contributed by atoms with van der Waals surface area (Å²) in [4.78, 5) is 0. The highest BCUT2D eigenvalue weighted by Crippen LogP contribution is 2.27. The van der Waals surface area contributed by atoms with Crippen LogP contribution in [0.4, 0.5) is 0 Å². The highest BCUT2D eigenvalue weighted by atomic mass is 32.2. The molecule has 0 atom stereocenters. The van der Waals surface area contributed by atoms with Crippen molar-refractivity contribution in [2.24, 2.45) is 0 Å². The molecule has 0 N–H and O–H groups in total. The number of rotatable bonds is 8. The number of hydrogen-bond acceptors (Lipinski definition) is 6. The van der Waals surface area contributed by atoms with E-state index in [-0.39, 0.29) is 6.61 Å². The van der Waals surface area contributed by atoms with E-state index >= 15 is 0 Å². The number of methoxy groups -OCH3 is 2. The van der Waals surface area contributed by atoms with Crippen LogP contribution < -0.4 is 14.2 Å². The van der Waals surface area contributed by atoms with Crippen molar-refractivity contribution >= 4 is 10.1 Å². The lowest BCUT2D eigenvalue weighted by atomic mass is 10.3. The molecule has 19 heavy (non-hydrogen) atoms. The van der Waals surface area contributed by atoms with E-state index in [1.165, 1.54) is 0 Å². The Labute approximate surface area is 113 Å². The minimum absolute atomic E-state index is 0.0972. The van der Waals surface area contributed by atoms with E-state index < -0.39 is 10.1 Å². The molecule has 0 heterocycles. The zero-order valence-electron chi connectivity index (χ0n) is 11.2. The third-order valence-electron chi connectivity index (χ3n) is 2.18. The predicted octanol–water partition coefficient (Wildman–Crippen LogP) is 1.45. The largest absolute Gasteiger partial charge is 0.496 e. The molecule has 0 radical (unpaired) electrons. The van der Waals surface area contributed by atoms with Gasteiger partial charge in [0.25, 0.3) is 10.1 Å². The maximum Gasteiger partial charge on any atom is 0.264 e. The minimum Gasteiger partial charge on any atom is -0.496 e. The average molecular weight is 290 g/mol. The molecule has 0 saturated carbocycles. The molecule has 0 aliphatic heterocycles. The molecule has 0 amide bonds. The van der Waals surface area contributed by atoms with Crippen LogP contribution in [-0.4, -0.2) is 42.1 Å². The quantitative estimate of drug-likeness (QED) is 0.533. The zero-order chi connectivity index (χ0) is 14.3. The number of hydrogen-bond donors (Lipinski definition) is 0. The minimum atomic E-state index is -3.39. The van der Waals surface area contributed by atoms with Crippen LogP contribution in [0.2, 0.25) is 0 Å². The van der Waals surface area contributed by atoms with Crippen LogP contribution in [0.3, 0.4) is 0 Å². The van der Waals surface area contributed by atoms with Crippen LogP contribution in [0.25, 0.3) is 0 Å². The van der Waals surface area contributed by atoms with Gasteiger partial charge in [-0.25, -0.2) is 0 Å². The van der Waals surface area contributed by atoms with Crippen molar-refractivity contribution in [1.82, 2.24) is 0 Å². The summed E-state index contributed by atoms with van der Waals surface area (Å²) in [6.45, 7) is 0.436. The SMILES string of the molecule is COc1cc(OC)cc(OCCCOS(C)(=O)=O)c1.